The Bertz CT molecular complexity index is 883. The number of hydrogen-bond donors (Lipinski definition) is 2. The maximum Gasteiger partial charge on any atom is 0.153 e. The Morgan fingerprint density at radius 1 is 1.12 bits per heavy atom. The van der Waals surface area contributed by atoms with Gasteiger partial charge in [-0.25, -0.2) is 15.0 Å². The van der Waals surface area contributed by atoms with Crippen molar-refractivity contribution >= 4 is 29.3 Å². The molecule has 3 aromatic rings. The molecule has 7 heteroatoms. The zero-order chi connectivity index (χ0) is 17.1. The summed E-state index contributed by atoms with van der Waals surface area (Å²) in [5.74, 6) is 0.407. The molecule has 3 N–H and O–H groups in total. The van der Waals surface area contributed by atoms with Gasteiger partial charge >= 0.3 is 0 Å². The summed E-state index contributed by atoms with van der Waals surface area (Å²) in [6.45, 7) is 2.54. The van der Waals surface area contributed by atoms with Crippen LogP contribution in [0.3, 0.4) is 0 Å². The average molecular weight is 372 g/mol. The number of benzene rings is 1. The van der Waals surface area contributed by atoms with Gasteiger partial charge in [-0.15, -0.1) is 12.4 Å². The largest absolute Gasteiger partial charge is 0.382 e. The first-order valence-electron chi connectivity index (χ1n) is 8.57. The number of halogens is 1. The molecule has 1 fully saturated rings. The molecule has 1 saturated heterocycles. The molecular weight excluding hydrogens is 350 g/mol. The molecule has 0 amide bonds. The number of pyridine rings is 1. The van der Waals surface area contributed by atoms with E-state index in [1.165, 1.54) is 11.9 Å². The standard InChI is InChI=1S/C19H21N5O.ClH/c20-19-18-17(22-12-23-19)5-4-16(24-18)14-3-1-2-13(10-14)11-21-15-6-8-25-9-7-15;/h1-5,10,12,15,21H,6-9,11H2,(H2,20,22,23);1H. The van der Waals surface area contributed by atoms with E-state index in [9.17, 15) is 0 Å². The minimum Gasteiger partial charge on any atom is -0.382 e. The summed E-state index contributed by atoms with van der Waals surface area (Å²) in [6.07, 6.45) is 3.61. The monoisotopic (exact) mass is 371 g/mol. The first-order chi connectivity index (χ1) is 12.3. The van der Waals surface area contributed by atoms with Gasteiger partial charge in [0.2, 0.25) is 0 Å². The van der Waals surface area contributed by atoms with E-state index in [1.54, 1.807) is 0 Å². The Balaban J connectivity index is 0.00000196. The first kappa shape index (κ1) is 18.5. The van der Waals surface area contributed by atoms with Crippen LogP contribution in [-0.4, -0.2) is 34.2 Å². The number of rotatable bonds is 4. The molecule has 0 aliphatic carbocycles. The minimum absolute atomic E-state index is 0. The Labute approximate surface area is 158 Å². The van der Waals surface area contributed by atoms with Crippen LogP contribution < -0.4 is 11.1 Å². The predicted octanol–water partition coefficient (Wildman–Crippen LogP) is 2.96. The number of nitrogen functional groups attached to an aromatic ring is 1. The number of nitrogens with one attached hydrogen (secondary N) is 1. The van der Waals surface area contributed by atoms with E-state index in [4.69, 9.17) is 10.5 Å². The smallest absolute Gasteiger partial charge is 0.153 e. The third-order valence-corrected chi connectivity index (χ3v) is 4.55. The van der Waals surface area contributed by atoms with Crippen LogP contribution in [0.1, 0.15) is 18.4 Å². The van der Waals surface area contributed by atoms with Crippen LogP contribution in [0.4, 0.5) is 5.82 Å². The lowest BCUT2D eigenvalue weighted by atomic mass is 10.1. The Hall–Kier alpha value is -2.28. The Morgan fingerprint density at radius 2 is 1.96 bits per heavy atom. The van der Waals surface area contributed by atoms with Crippen LogP contribution >= 0.6 is 12.4 Å². The van der Waals surface area contributed by atoms with Crippen LogP contribution in [0.15, 0.2) is 42.7 Å². The lowest BCUT2D eigenvalue weighted by Crippen LogP contribution is -2.34. The van der Waals surface area contributed by atoms with Gasteiger partial charge in [-0.05, 0) is 36.6 Å². The van der Waals surface area contributed by atoms with Gasteiger partial charge in [-0.1, -0.05) is 18.2 Å². The van der Waals surface area contributed by atoms with Crippen LogP contribution in [0.5, 0.6) is 0 Å². The fourth-order valence-corrected chi connectivity index (χ4v) is 3.12. The van der Waals surface area contributed by atoms with Crippen LogP contribution in [0, 0.1) is 0 Å². The van der Waals surface area contributed by atoms with Gasteiger partial charge in [0.05, 0.1) is 11.2 Å². The number of fused-ring (bicyclic) bond motifs is 1. The second-order valence-corrected chi connectivity index (χ2v) is 6.29. The first-order valence-corrected chi connectivity index (χ1v) is 8.57. The molecule has 0 bridgehead atoms. The highest BCUT2D eigenvalue weighted by Gasteiger charge is 2.13. The van der Waals surface area contributed by atoms with Gasteiger partial charge in [0, 0.05) is 31.4 Å². The fraction of sp³-hybridized carbons (Fsp3) is 0.316. The molecule has 0 atom stereocenters. The lowest BCUT2D eigenvalue weighted by molar-refractivity contribution is 0.0776. The molecule has 1 aliphatic rings. The Kier molecular flexibility index (Phi) is 5.98. The van der Waals surface area contributed by atoms with Crippen molar-refractivity contribution in [1.29, 1.82) is 0 Å². The summed E-state index contributed by atoms with van der Waals surface area (Å²) < 4.78 is 5.40. The molecule has 4 rings (SSSR count). The third-order valence-electron chi connectivity index (χ3n) is 4.55. The predicted molar refractivity (Wildman–Crippen MR) is 105 cm³/mol. The topological polar surface area (TPSA) is 86.0 Å². The van der Waals surface area contributed by atoms with E-state index in [0.717, 1.165) is 49.4 Å². The molecule has 3 heterocycles. The number of nitrogens with zero attached hydrogens (tertiary/aromatic N) is 3. The summed E-state index contributed by atoms with van der Waals surface area (Å²) >= 11 is 0. The second-order valence-electron chi connectivity index (χ2n) is 6.29. The van der Waals surface area contributed by atoms with E-state index < -0.39 is 0 Å². The maximum absolute atomic E-state index is 5.93. The number of aromatic nitrogens is 3. The zero-order valence-corrected chi connectivity index (χ0v) is 15.2. The molecule has 1 aromatic carbocycles. The van der Waals surface area contributed by atoms with Gasteiger partial charge in [0.25, 0.3) is 0 Å². The maximum atomic E-state index is 5.93. The van der Waals surface area contributed by atoms with Crippen molar-refractivity contribution in [2.75, 3.05) is 18.9 Å². The highest BCUT2D eigenvalue weighted by Crippen LogP contribution is 2.23. The lowest BCUT2D eigenvalue weighted by Gasteiger charge is -2.23. The van der Waals surface area contributed by atoms with Crippen molar-refractivity contribution in [3.8, 4) is 11.3 Å². The van der Waals surface area contributed by atoms with Crippen LogP contribution in [0.2, 0.25) is 0 Å². The summed E-state index contributed by atoms with van der Waals surface area (Å²) in [5.41, 5.74) is 10.5. The van der Waals surface area contributed by atoms with Crippen molar-refractivity contribution in [2.24, 2.45) is 0 Å². The quantitative estimate of drug-likeness (QED) is 0.733. The molecular formula is C19H22ClN5O. The minimum atomic E-state index is 0. The molecule has 0 radical (unpaired) electrons. The van der Waals surface area contributed by atoms with Crippen molar-refractivity contribution in [3.05, 3.63) is 48.3 Å². The summed E-state index contributed by atoms with van der Waals surface area (Å²) in [4.78, 5) is 12.9. The van der Waals surface area contributed by atoms with E-state index in [2.05, 4.69) is 44.5 Å². The fourth-order valence-electron chi connectivity index (χ4n) is 3.12. The van der Waals surface area contributed by atoms with Crippen molar-refractivity contribution in [3.63, 3.8) is 0 Å². The van der Waals surface area contributed by atoms with Gasteiger partial charge in [0.15, 0.2) is 5.82 Å². The summed E-state index contributed by atoms with van der Waals surface area (Å²) in [7, 11) is 0. The van der Waals surface area contributed by atoms with Crippen molar-refractivity contribution in [2.45, 2.75) is 25.4 Å². The van der Waals surface area contributed by atoms with Gasteiger partial charge in [-0.2, -0.15) is 0 Å². The average Bonchev–Trinajstić information content (AvgIpc) is 2.68. The normalized spacial score (nSPS) is 14.9. The molecule has 26 heavy (non-hydrogen) atoms. The van der Waals surface area contributed by atoms with Crippen molar-refractivity contribution in [1.82, 2.24) is 20.3 Å². The van der Waals surface area contributed by atoms with Crippen LogP contribution in [-0.2, 0) is 11.3 Å². The van der Waals surface area contributed by atoms with Crippen molar-refractivity contribution < 1.29 is 4.74 Å². The third kappa shape index (κ3) is 4.09. The molecule has 0 unspecified atom stereocenters. The van der Waals surface area contributed by atoms with Gasteiger partial charge in [0.1, 0.15) is 11.8 Å². The molecule has 0 saturated carbocycles. The van der Waals surface area contributed by atoms with E-state index in [1.807, 2.05) is 12.1 Å². The second kappa shape index (κ2) is 8.40. The van der Waals surface area contributed by atoms with E-state index in [-0.39, 0.29) is 12.4 Å². The number of anilines is 1. The van der Waals surface area contributed by atoms with E-state index in [0.29, 0.717) is 17.4 Å². The molecule has 0 spiro atoms. The Morgan fingerprint density at radius 3 is 2.81 bits per heavy atom. The molecule has 1 aliphatic heterocycles. The molecule has 6 nitrogen and oxygen atoms in total. The van der Waals surface area contributed by atoms with Gasteiger partial charge in [-0.3, -0.25) is 0 Å². The number of hydrogen-bond acceptors (Lipinski definition) is 6. The zero-order valence-electron chi connectivity index (χ0n) is 14.4. The molecule has 136 valence electrons. The number of nitrogens with two attached hydrogens (primary N) is 1. The number of ether oxygens (including phenoxy) is 1. The summed E-state index contributed by atoms with van der Waals surface area (Å²) in [6, 6.07) is 12.9. The summed E-state index contributed by atoms with van der Waals surface area (Å²) in [5, 5.41) is 3.61. The van der Waals surface area contributed by atoms with E-state index >= 15 is 0 Å². The highest BCUT2D eigenvalue weighted by atomic mass is 35.5. The SMILES string of the molecule is Cl.Nc1ncnc2ccc(-c3cccc(CNC4CCOCC4)c3)nc12. The van der Waals surface area contributed by atoms with Crippen LogP contribution in [0.25, 0.3) is 22.3 Å². The molecule has 2 aromatic heterocycles. The highest BCUT2D eigenvalue weighted by molar-refractivity contribution is 5.86. The van der Waals surface area contributed by atoms with Gasteiger partial charge < -0.3 is 15.8 Å².